The van der Waals surface area contributed by atoms with Crippen molar-refractivity contribution in [3.63, 3.8) is 0 Å². The summed E-state index contributed by atoms with van der Waals surface area (Å²) < 4.78 is 4.67. The van der Waals surface area contributed by atoms with Gasteiger partial charge < -0.3 is 4.74 Å². The predicted molar refractivity (Wildman–Crippen MR) is 105 cm³/mol. The van der Waals surface area contributed by atoms with Crippen LogP contribution in [-0.2, 0) is 4.74 Å². The van der Waals surface area contributed by atoms with Crippen molar-refractivity contribution in [2.24, 2.45) is 4.99 Å². The lowest BCUT2D eigenvalue weighted by molar-refractivity contribution is 0.0600. The van der Waals surface area contributed by atoms with Gasteiger partial charge in [-0.2, -0.15) is 0 Å². The van der Waals surface area contributed by atoms with Crippen LogP contribution in [0.3, 0.4) is 0 Å². The van der Waals surface area contributed by atoms with Crippen molar-refractivity contribution in [1.82, 2.24) is 4.90 Å². The highest BCUT2D eigenvalue weighted by atomic mass is 35.5. The Labute approximate surface area is 161 Å². The summed E-state index contributed by atoms with van der Waals surface area (Å²) in [6.45, 7) is 2.49. The van der Waals surface area contributed by atoms with Crippen LogP contribution in [0, 0.1) is 6.92 Å². The first-order chi connectivity index (χ1) is 12.5. The van der Waals surface area contributed by atoms with Gasteiger partial charge in [-0.15, -0.1) is 0 Å². The molecule has 0 unspecified atom stereocenters. The Hall–Kier alpha value is -2.31. The third-order valence-electron chi connectivity index (χ3n) is 4.03. The number of rotatable bonds is 3. The number of amides is 1. The lowest BCUT2D eigenvalue weighted by atomic mass is 10.1. The van der Waals surface area contributed by atoms with Crippen LogP contribution in [0.5, 0.6) is 0 Å². The van der Waals surface area contributed by atoms with Crippen LogP contribution in [0.1, 0.15) is 26.3 Å². The highest BCUT2D eigenvalue weighted by molar-refractivity contribution is 8.14. The summed E-state index contributed by atoms with van der Waals surface area (Å²) in [6.07, 6.45) is 0. The van der Waals surface area contributed by atoms with Gasteiger partial charge in [-0.1, -0.05) is 29.4 Å². The maximum absolute atomic E-state index is 12.8. The van der Waals surface area contributed by atoms with Crippen LogP contribution in [0.2, 0.25) is 5.02 Å². The fourth-order valence-corrected chi connectivity index (χ4v) is 3.64. The monoisotopic (exact) mass is 388 g/mol. The van der Waals surface area contributed by atoms with Crippen LogP contribution >= 0.6 is 23.4 Å². The van der Waals surface area contributed by atoms with Crippen molar-refractivity contribution in [1.29, 1.82) is 0 Å². The Morgan fingerprint density at radius 2 is 1.85 bits per heavy atom. The molecule has 0 atom stereocenters. The van der Waals surface area contributed by atoms with Crippen molar-refractivity contribution < 1.29 is 14.3 Å². The molecule has 0 spiro atoms. The summed E-state index contributed by atoms with van der Waals surface area (Å²) in [5, 5.41) is 1.29. The molecule has 0 aromatic heterocycles. The summed E-state index contributed by atoms with van der Waals surface area (Å²) in [6, 6.07) is 11.9. The van der Waals surface area contributed by atoms with Crippen LogP contribution in [0.4, 0.5) is 5.69 Å². The molecule has 0 bridgehead atoms. The summed E-state index contributed by atoms with van der Waals surface area (Å²) in [5.74, 6) is 0.203. The Balaban J connectivity index is 1.85. The van der Waals surface area contributed by atoms with E-state index in [1.165, 1.54) is 18.9 Å². The van der Waals surface area contributed by atoms with Gasteiger partial charge in [-0.25, -0.2) is 9.79 Å². The van der Waals surface area contributed by atoms with Crippen LogP contribution < -0.4 is 0 Å². The lowest BCUT2D eigenvalue weighted by Crippen LogP contribution is -2.31. The van der Waals surface area contributed by atoms with Gasteiger partial charge >= 0.3 is 5.97 Å². The molecule has 0 aliphatic carbocycles. The largest absolute Gasteiger partial charge is 0.465 e. The van der Waals surface area contributed by atoms with E-state index >= 15 is 0 Å². The zero-order valence-corrected chi connectivity index (χ0v) is 15.9. The minimum Gasteiger partial charge on any atom is -0.465 e. The van der Waals surface area contributed by atoms with E-state index in [-0.39, 0.29) is 5.91 Å². The van der Waals surface area contributed by atoms with Crippen molar-refractivity contribution in [3.8, 4) is 0 Å². The summed E-state index contributed by atoms with van der Waals surface area (Å²) in [7, 11) is 1.32. The number of carbonyl (C=O) groups is 2. The number of benzene rings is 2. The minimum atomic E-state index is -0.431. The number of ether oxygens (including phenoxy) is 1. The first-order valence-corrected chi connectivity index (χ1v) is 9.34. The van der Waals surface area contributed by atoms with E-state index in [0.717, 1.165) is 17.0 Å². The third kappa shape index (κ3) is 3.76. The summed E-state index contributed by atoms with van der Waals surface area (Å²) in [5.41, 5.74) is 2.53. The predicted octanol–water partition coefficient (Wildman–Crippen LogP) is 4.31. The fraction of sp³-hybridized carbons (Fsp3) is 0.211. The fourth-order valence-electron chi connectivity index (χ4n) is 2.53. The van der Waals surface area contributed by atoms with Gasteiger partial charge in [0.05, 0.1) is 18.4 Å². The van der Waals surface area contributed by atoms with Crippen molar-refractivity contribution in [2.75, 3.05) is 19.4 Å². The van der Waals surface area contributed by atoms with Crippen LogP contribution in [0.15, 0.2) is 47.5 Å². The lowest BCUT2D eigenvalue weighted by Gasteiger charge is -2.16. The first kappa shape index (κ1) is 18.5. The molecule has 26 heavy (non-hydrogen) atoms. The molecule has 1 aliphatic heterocycles. The van der Waals surface area contributed by atoms with Gasteiger partial charge in [-0.3, -0.25) is 9.69 Å². The van der Waals surface area contributed by atoms with E-state index in [2.05, 4.69) is 9.73 Å². The number of hydrogen-bond acceptors (Lipinski definition) is 5. The van der Waals surface area contributed by atoms with Gasteiger partial charge in [-0.05, 0) is 48.9 Å². The molecule has 1 heterocycles. The highest BCUT2D eigenvalue weighted by Gasteiger charge is 2.27. The second-order valence-electron chi connectivity index (χ2n) is 5.65. The minimum absolute atomic E-state index is 0.148. The highest BCUT2D eigenvalue weighted by Crippen LogP contribution is 2.29. The van der Waals surface area contributed by atoms with E-state index in [9.17, 15) is 9.59 Å². The number of nitrogens with zero attached hydrogens (tertiary/aromatic N) is 2. The number of hydrogen-bond donors (Lipinski definition) is 0. The Bertz CT molecular complexity index is 881. The quantitative estimate of drug-likeness (QED) is 0.735. The van der Waals surface area contributed by atoms with Gasteiger partial charge in [0.25, 0.3) is 5.91 Å². The molecule has 2 aromatic carbocycles. The molecule has 2 aromatic rings. The molecule has 7 heteroatoms. The molecule has 1 saturated heterocycles. The number of esters is 1. The molecule has 3 rings (SSSR count). The van der Waals surface area contributed by atoms with E-state index in [1.807, 2.05) is 25.1 Å². The molecule has 0 radical (unpaired) electrons. The van der Waals surface area contributed by atoms with Crippen LogP contribution in [0.25, 0.3) is 0 Å². The Kier molecular flexibility index (Phi) is 5.64. The molecule has 5 nitrogen and oxygen atoms in total. The summed E-state index contributed by atoms with van der Waals surface area (Å²) in [4.78, 5) is 30.6. The zero-order chi connectivity index (χ0) is 18.7. The number of amidine groups is 1. The first-order valence-electron chi connectivity index (χ1n) is 7.98. The van der Waals surface area contributed by atoms with Gasteiger partial charge in [0.2, 0.25) is 0 Å². The molecular formula is C19H17ClN2O3S. The number of halogens is 1. The summed E-state index contributed by atoms with van der Waals surface area (Å²) >= 11 is 7.68. The van der Waals surface area contributed by atoms with Gasteiger partial charge in [0.15, 0.2) is 5.17 Å². The topological polar surface area (TPSA) is 59.0 Å². The average Bonchev–Trinajstić information content (AvgIpc) is 3.12. The Morgan fingerprint density at radius 1 is 1.15 bits per heavy atom. The van der Waals surface area contributed by atoms with Crippen molar-refractivity contribution in [3.05, 3.63) is 64.2 Å². The molecule has 1 fully saturated rings. The zero-order valence-electron chi connectivity index (χ0n) is 14.4. The van der Waals surface area contributed by atoms with E-state index in [1.54, 1.807) is 29.2 Å². The number of carbonyl (C=O) groups excluding carboxylic acids is 2. The molecule has 0 saturated carbocycles. The van der Waals surface area contributed by atoms with Gasteiger partial charge in [0, 0.05) is 22.9 Å². The Morgan fingerprint density at radius 3 is 2.54 bits per heavy atom. The van der Waals surface area contributed by atoms with E-state index in [0.29, 0.717) is 27.9 Å². The molecular weight excluding hydrogens is 372 g/mol. The normalized spacial score (nSPS) is 15.3. The number of methoxy groups -OCH3 is 1. The molecule has 134 valence electrons. The number of aliphatic imine (C=N–C) groups is 1. The van der Waals surface area contributed by atoms with Crippen molar-refractivity contribution >= 4 is 46.1 Å². The standard InChI is InChI=1S/C19H17ClN2O3S/c1-12-15(20)4-3-5-16(12)21-19-22(10-11-26-19)17(23)13-6-8-14(9-7-13)18(24)25-2/h3-9H,10-11H2,1-2H3. The molecule has 1 amide bonds. The van der Waals surface area contributed by atoms with Gasteiger partial charge in [0.1, 0.15) is 0 Å². The maximum atomic E-state index is 12.8. The van der Waals surface area contributed by atoms with E-state index < -0.39 is 5.97 Å². The van der Waals surface area contributed by atoms with E-state index in [4.69, 9.17) is 11.6 Å². The third-order valence-corrected chi connectivity index (χ3v) is 5.40. The number of thioether (sulfide) groups is 1. The smallest absolute Gasteiger partial charge is 0.337 e. The second-order valence-corrected chi connectivity index (χ2v) is 7.12. The van der Waals surface area contributed by atoms with Crippen LogP contribution in [-0.4, -0.2) is 41.4 Å². The maximum Gasteiger partial charge on any atom is 0.337 e. The SMILES string of the molecule is COC(=O)c1ccc(C(=O)N2CCSC2=Nc2cccc(Cl)c2C)cc1. The average molecular weight is 389 g/mol. The molecule has 0 N–H and O–H groups in total. The molecule has 1 aliphatic rings. The second kappa shape index (κ2) is 7.93. The van der Waals surface area contributed by atoms with Crippen molar-refractivity contribution in [2.45, 2.75) is 6.92 Å².